The second-order valence-electron chi connectivity index (χ2n) is 4.50. The molecule has 0 spiro atoms. The van der Waals surface area contributed by atoms with Crippen molar-refractivity contribution in [3.63, 3.8) is 0 Å². The summed E-state index contributed by atoms with van der Waals surface area (Å²) in [5.74, 6) is 0. The third kappa shape index (κ3) is 1.57. The minimum absolute atomic E-state index is 0.574. The summed E-state index contributed by atoms with van der Waals surface area (Å²) in [4.78, 5) is 5.71. The number of anilines is 1. The second kappa shape index (κ2) is 3.83. The van der Waals surface area contributed by atoms with Crippen LogP contribution in [-0.4, -0.2) is 30.7 Å². The van der Waals surface area contributed by atoms with Gasteiger partial charge in [-0.2, -0.15) is 0 Å². The van der Waals surface area contributed by atoms with Crippen LogP contribution in [-0.2, 0) is 0 Å². The Balaban J connectivity index is 1.97. The minimum atomic E-state index is 0.574. The molecule has 3 heteroatoms. The molecule has 0 bridgehead atoms. The van der Waals surface area contributed by atoms with Gasteiger partial charge in [0, 0.05) is 48.5 Å². The molecular weight excluding hydrogens is 198 g/mol. The zero-order valence-corrected chi connectivity index (χ0v) is 9.53. The van der Waals surface area contributed by atoms with Crippen LogP contribution in [0.1, 0.15) is 6.92 Å². The van der Waals surface area contributed by atoms with Gasteiger partial charge in [0.2, 0.25) is 0 Å². The van der Waals surface area contributed by atoms with Crippen molar-refractivity contribution in [3.05, 3.63) is 30.5 Å². The molecule has 3 nitrogen and oxygen atoms in total. The Morgan fingerprint density at radius 1 is 1.31 bits per heavy atom. The van der Waals surface area contributed by atoms with Crippen molar-refractivity contribution in [1.29, 1.82) is 0 Å². The average Bonchev–Trinajstić information content (AvgIpc) is 2.76. The molecule has 84 valence electrons. The predicted molar refractivity (Wildman–Crippen MR) is 68.0 cm³/mol. The van der Waals surface area contributed by atoms with Gasteiger partial charge < -0.3 is 15.2 Å². The fourth-order valence-corrected chi connectivity index (χ4v) is 2.44. The maximum absolute atomic E-state index is 3.42. The highest BCUT2D eigenvalue weighted by atomic mass is 15.2. The van der Waals surface area contributed by atoms with Crippen molar-refractivity contribution >= 4 is 16.6 Å². The van der Waals surface area contributed by atoms with Crippen LogP contribution < -0.4 is 10.2 Å². The Morgan fingerprint density at radius 3 is 3.12 bits per heavy atom. The van der Waals surface area contributed by atoms with E-state index in [0.717, 1.165) is 19.6 Å². The lowest BCUT2D eigenvalue weighted by Crippen LogP contribution is -2.49. The maximum atomic E-state index is 3.42. The first-order valence-corrected chi connectivity index (χ1v) is 5.89. The average molecular weight is 215 g/mol. The fraction of sp³-hybridized carbons (Fsp3) is 0.385. The van der Waals surface area contributed by atoms with Crippen molar-refractivity contribution in [3.8, 4) is 0 Å². The lowest BCUT2D eigenvalue weighted by Gasteiger charge is -2.36. The first-order chi connectivity index (χ1) is 7.84. The Kier molecular flexibility index (Phi) is 2.33. The molecule has 3 rings (SSSR count). The van der Waals surface area contributed by atoms with E-state index < -0.39 is 0 Å². The van der Waals surface area contributed by atoms with Crippen molar-refractivity contribution in [2.45, 2.75) is 13.0 Å². The van der Waals surface area contributed by atoms with E-state index in [0.29, 0.717) is 6.04 Å². The summed E-state index contributed by atoms with van der Waals surface area (Å²) >= 11 is 0. The van der Waals surface area contributed by atoms with Crippen LogP contribution in [0.4, 0.5) is 5.69 Å². The highest BCUT2D eigenvalue weighted by Crippen LogP contribution is 2.23. The third-order valence-corrected chi connectivity index (χ3v) is 3.37. The van der Waals surface area contributed by atoms with Crippen LogP contribution in [0.5, 0.6) is 0 Å². The van der Waals surface area contributed by atoms with Crippen LogP contribution in [0.3, 0.4) is 0 Å². The van der Waals surface area contributed by atoms with Crippen molar-refractivity contribution in [2.75, 3.05) is 24.5 Å². The van der Waals surface area contributed by atoms with Crippen LogP contribution in [0, 0.1) is 0 Å². The molecule has 0 unspecified atom stereocenters. The number of hydrogen-bond donors (Lipinski definition) is 2. The molecule has 1 aromatic carbocycles. The zero-order chi connectivity index (χ0) is 11.0. The smallest absolute Gasteiger partial charge is 0.0455 e. The number of nitrogens with zero attached hydrogens (tertiary/aromatic N) is 1. The molecule has 2 N–H and O–H groups in total. The molecule has 0 amide bonds. The molecule has 0 radical (unpaired) electrons. The second-order valence-corrected chi connectivity index (χ2v) is 4.50. The largest absolute Gasteiger partial charge is 0.366 e. The van der Waals surface area contributed by atoms with Crippen LogP contribution in [0.2, 0.25) is 0 Å². The number of nitrogens with one attached hydrogen (secondary N) is 2. The van der Waals surface area contributed by atoms with Gasteiger partial charge >= 0.3 is 0 Å². The van der Waals surface area contributed by atoms with Crippen molar-refractivity contribution in [1.82, 2.24) is 10.3 Å². The van der Waals surface area contributed by atoms with Gasteiger partial charge in [-0.05, 0) is 31.2 Å². The van der Waals surface area contributed by atoms with Crippen LogP contribution >= 0.6 is 0 Å². The molecule has 16 heavy (non-hydrogen) atoms. The van der Waals surface area contributed by atoms with Gasteiger partial charge in [-0.25, -0.2) is 0 Å². The van der Waals surface area contributed by atoms with Crippen molar-refractivity contribution < 1.29 is 0 Å². The van der Waals surface area contributed by atoms with E-state index in [2.05, 4.69) is 46.4 Å². The molecule has 1 atom stereocenters. The standard InChI is InChI=1S/C13H17N3/c1-10-9-14-6-7-16(10)12-2-3-13-11(8-12)4-5-15-13/h2-5,8,10,14-15H,6-7,9H2,1H3/t10-/m0/s1. The van der Waals surface area contributed by atoms with E-state index in [9.17, 15) is 0 Å². The molecule has 1 aromatic heterocycles. The lowest BCUT2D eigenvalue weighted by molar-refractivity contribution is 0.501. The lowest BCUT2D eigenvalue weighted by atomic mass is 10.1. The van der Waals surface area contributed by atoms with Gasteiger partial charge in [0.1, 0.15) is 0 Å². The number of hydrogen-bond acceptors (Lipinski definition) is 2. The summed E-state index contributed by atoms with van der Waals surface area (Å²) < 4.78 is 0. The summed E-state index contributed by atoms with van der Waals surface area (Å²) in [5.41, 5.74) is 2.55. The number of aromatic amines is 1. The fourth-order valence-electron chi connectivity index (χ4n) is 2.44. The third-order valence-electron chi connectivity index (χ3n) is 3.37. The van der Waals surface area contributed by atoms with Crippen LogP contribution in [0.15, 0.2) is 30.5 Å². The monoisotopic (exact) mass is 215 g/mol. The topological polar surface area (TPSA) is 31.1 Å². The first-order valence-electron chi connectivity index (χ1n) is 5.89. The van der Waals surface area contributed by atoms with Gasteiger partial charge in [0.15, 0.2) is 0 Å². The van der Waals surface area contributed by atoms with E-state index >= 15 is 0 Å². The Hall–Kier alpha value is -1.48. The zero-order valence-electron chi connectivity index (χ0n) is 9.53. The summed E-state index contributed by atoms with van der Waals surface area (Å²) in [5, 5.41) is 4.71. The minimum Gasteiger partial charge on any atom is -0.366 e. The molecular formula is C13H17N3. The Bertz CT molecular complexity index is 489. The normalized spacial score (nSPS) is 21.6. The van der Waals surface area contributed by atoms with E-state index in [4.69, 9.17) is 0 Å². The summed E-state index contributed by atoms with van der Waals surface area (Å²) in [7, 11) is 0. The van der Waals surface area contributed by atoms with E-state index in [-0.39, 0.29) is 0 Å². The van der Waals surface area contributed by atoms with Crippen molar-refractivity contribution in [2.24, 2.45) is 0 Å². The molecule has 1 fully saturated rings. The molecule has 0 saturated carbocycles. The number of benzene rings is 1. The molecule has 1 aliphatic rings. The predicted octanol–water partition coefficient (Wildman–Crippen LogP) is 1.97. The highest BCUT2D eigenvalue weighted by Gasteiger charge is 2.18. The number of rotatable bonds is 1. The van der Waals surface area contributed by atoms with E-state index in [1.165, 1.54) is 16.6 Å². The van der Waals surface area contributed by atoms with Gasteiger partial charge in [-0.1, -0.05) is 0 Å². The molecule has 2 heterocycles. The Morgan fingerprint density at radius 2 is 2.25 bits per heavy atom. The Labute approximate surface area is 95.5 Å². The SMILES string of the molecule is C[C@H]1CNCCN1c1ccc2[nH]ccc2c1. The van der Waals surface area contributed by atoms with Gasteiger partial charge in [0.25, 0.3) is 0 Å². The summed E-state index contributed by atoms with van der Waals surface area (Å²) in [6.45, 7) is 5.52. The number of piperazine rings is 1. The van der Waals surface area contributed by atoms with Gasteiger partial charge in [-0.15, -0.1) is 0 Å². The quantitative estimate of drug-likeness (QED) is 0.762. The van der Waals surface area contributed by atoms with E-state index in [1.807, 2.05) is 6.20 Å². The van der Waals surface area contributed by atoms with E-state index in [1.54, 1.807) is 0 Å². The summed E-state index contributed by atoms with van der Waals surface area (Å²) in [6, 6.07) is 9.35. The molecule has 2 aromatic rings. The first kappa shape index (κ1) is 9.73. The van der Waals surface area contributed by atoms with Crippen LogP contribution in [0.25, 0.3) is 10.9 Å². The number of fused-ring (bicyclic) bond motifs is 1. The number of H-pyrrole nitrogens is 1. The van der Waals surface area contributed by atoms with Gasteiger partial charge in [-0.3, -0.25) is 0 Å². The van der Waals surface area contributed by atoms with Gasteiger partial charge in [0.05, 0.1) is 0 Å². The molecule has 1 saturated heterocycles. The number of aromatic nitrogens is 1. The summed E-state index contributed by atoms with van der Waals surface area (Å²) in [6.07, 6.45) is 2.00. The maximum Gasteiger partial charge on any atom is 0.0455 e. The molecule has 0 aliphatic carbocycles. The highest BCUT2D eigenvalue weighted by molar-refractivity contribution is 5.83. The molecule has 1 aliphatic heterocycles.